The Kier molecular flexibility index (Phi) is 3.57. The van der Waals surface area contributed by atoms with Crippen molar-refractivity contribution in [3.63, 3.8) is 0 Å². The second-order valence-corrected chi connectivity index (χ2v) is 4.09. The number of pyridine rings is 1. The maximum absolute atomic E-state index is 12.0. The van der Waals surface area contributed by atoms with Crippen LogP contribution in [0, 0.1) is 0 Å². The molecule has 0 saturated carbocycles. The summed E-state index contributed by atoms with van der Waals surface area (Å²) in [5.41, 5.74) is 7.12. The summed E-state index contributed by atoms with van der Waals surface area (Å²) < 4.78 is 0. The van der Waals surface area contributed by atoms with Crippen LogP contribution in [0.15, 0.2) is 48.7 Å². The van der Waals surface area contributed by atoms with E-state index in [1.807, 2.05) is 37.3 Å². The summed E-state index contributed by atoms with van der Waals surface area (Å²) in [5.74, 6) is 0.167. The number of benzene rings is 1. The Balaban J connectivity index is 2.06. The number of hydrogen-bond donors (Lipinski definition) is 2. The SMILES string of the molecule is CC(C(=O)Nc1ccc(N)nc1)c1ccccc1. The summed E-state index contributed by atoms with van der Waals surface area (Å²) >= 11 is 0. The predicted octanol–water partition coefficient (Wildman–Crippen LogP) is 2.41. The number of rotatable bonds is 3. The van der Waals surface area contributed by atoms with Gasteiger partial charge in [-0.2, -0.15) is 0 Å². The average Bonchev–Trinajstić information content (AvgIpc) is 2.41. The number of carbonyl (C=O) groups excluding carboxylic acids is 1. The lowest BCUT2D eigenvalue weighted by Crippen LogP contribution is -2.18. The number of nitrogens with two attached hydrogens (primary N) is 1. The van der Waals surface area contributed by atoms with Crippen molar-refractivity contribution in [2.24, 2.45) is 0 Å². The summed E-state index contributed by atoms with van der Waals surface area (Å²) in [7, 11) is 0. The lowest BCUT2D eigenvalue weighted by molar-refractivity contribution is -0.117. The van der Waals surface area contributed by atoms with Gasteiger partial charge in [-0.25, -0.2) is 4.98 Å². The Labute approximate surface area is 106 Å². The quantitative estimate of drug-likeness (QED) is 0.867. The van der Waals surface area contributed by atoms with Crippen molar-refractivity contribution in [2.45, 2.75) is 12.8 Å². The van der Waals surface area contributed by atoms with Crippen LogP contribution in [0.25, 0.3) is 0 Å². The average molecular weight is 241 g/mol. The van der Waals surface area contributed by atoms with Gasteiger partial charge in [0.15, 0.2) is 0 Å². The molecule has 1 aromatic carbocycles. The maximum Gasteiger partial charge on any atom is 0.231 e. The molecule has 1 aromatic heterocycles. The fourth-order valence-corrected chi connectivity index (χ4v) is 1.62. The zero-order valence-electron chi connectivity index (χ0n) is 10.1. The van der Waals surface area contributed by atoms with E-state index in [9.17, 15) is 4.79 Å². The molecule has 0 radical (unpaired) electrons. The molecular weight excluding hydrogens is 226 g/mol. The van der Waals surface area contributed by atoms with E-state index in [0.29, 0.717) is 11.5 Å². The van der Waals surface area contributed by atoms with Crippen LogP contribution in [0.1, 0.15) is 18.4 Å². The molecule has 0 saturated heterocycles. The normalized spacial score (nSPS) is 11.8. The number of nitrogens with zero attached hydrogens (tertiary/aromatic N) is 1. The molecule has 0 aliphatic heterocycles. The second kappa shape index (κ2) is 5.31. The first kappa shape index (κ1) is 12.1. The monoisotopic (exact) mass is 241 g/mol. The number of nitrogens with one attached hydrogen (secondary N) is 1. The molecule has 18 heavy (non-hydrogen) atoms. The summed E-state index contributed by atoms with van der Waals surface area (Å²) in [4.78, 5) is 16.0. The van der Waals surface area contributed by atoms with E-state index >= 15 is 0 Å². The summed E-state index contributed by atoms with van der Waals surface area (Å²) in [6, 6.07) is 13.0. The van der Waals surface area contributed by atoms with Crippen molar-refractivity contribution in [2.75, 3.05) is 11.1 Å². The van der Waals surface area contributed by atoms with Crippen molar-refractivity contribution in [1.82, 2.24) is 4.98 Å². The van der Waals surface area contributed by atoms with E-state index in [4.69, 9.17) is 5.73 Å². The van der Waals surface area contributed by atoms with Crippen LogP contribution in [0.5, 0.6) is 0 Å². The third kappa shape index (κ3) is 2.85. The van der Waals surface area contributed by atoms with Crippen LogP contribution >= 0.6 is 0 Å². The van der Waals surface area contributed by atoms with Gasteiger partial charge >= 0.3 is 0 Å². The molecule has 3 N–H and O–H groups in total. The maximum atomic E-state index is 12.0. The van der Waals surface area contributed by atoms with E-state index in [-0.39, 0.29) is 11.8 Å². The minimum atomic E-state index is -0.205. The minimum absolute atomic E-state index is 0.0622. The molecule has 0 bridgehead atoms. The van der Waals surface area contributed by atoms with Gasteiger partial charge in [0.1, 0.15) is 5.82 Å². The largest absolute Gasteiger partial charge is 0.384 e. The van der Waals surface area contributed by atoms with Crippen molar-refractivity contribution in [3.05, 3.63) is 54.2 Å². The van der Waals surface area contributed by atoms with Crippen LogP contribution in [0.2, 0.25) is 0 Å². The first-order valence-electron chi connectivity index (χ1n) is 5.74. The van der Waals surface area contributed by atoms with Crippen molar-refractivity contribution >= 4 is 17.4 Å². The van der Waals surface area contributed by atoms with Gasteiger partial charge in [0.2, 0.25) is 5.91 Å². The smallest absolute Gasteiger partial charge is 0.231 e. The summed E-state index contributed by atoms with van der Waals surface area (Å²) in [6.07, 6.45) is 1.55. The number of nitrogen functional groups attached to an aromatic ring is 1. The molecule has 92 valence electrons. The van der Waals surface area contributed by atoms with Gasteiger partial charge in [0, 0.05) is 0 Å². The van der Waals surface area contributed by atoms with E-state index in [2.05, 4.69) is 10.3 Å². The molecular formula is C14H15N3O. The minimum Gasteiger partial charge on any atom is -0.384 e. The molecule has 4 nitrogen and oxygen atoms in total. The van der Waals surface area contributed by atoms with Crippen LogP contribution in [0.3, 0.4) is 0 Å². The van der Waals surface area contributed by atoms with E-state index in [0.717, 1.165) is 5.56 Å². The first-order valence-corrected chi connectivity index (χ1v) is 5.74. The van der Waals surface area contributed by atoms with Crippen molar-refractivity contribution < 1.29 is 4.79 Å². The van der Waals surface area contributed by atoms with Crippen molar-refractivity contribution in [3.8, 4) is 0 Å². The van der Waals surface area contributed by atoms with Crippen LogP contribution in [-0.4, -0.2) is 10.9 Å². The number of anilines is 2. The Morgan fingerprint density at radius 3 is 2.56 bits per heavy atom. The van der Waals surface area contributed by atoms with Gasteiger partial charge in [0.05, 0.1) is 17.8 Å². The molecule has 1 atom stereocenters. The second-order valence-electron chi connectivity index (χ2n) is 4.09. The van der Waals surface area contributed by atoms with Crippen molar-refractivity contribution in [1.29, 1.82) is 0 Å². The highest BCUT2D eigenvalue weighted by molar-refractivity contribution is 5.95. The molecule has 0 spiro atoms. The molecule has 2 aromatic rings. The number of carbonyl (C=O) groups is 1. The number of hydrogen-bond acceptors (Lipinski definition) is 3. The van der Waals surface area contributed by atoms with E-state index in [1.54, 1.807) is 18.3 Å². The van der Waals surface area contributed by atoms with Crippen LogP contribution in [-0.2, 0) is 4.79 Å². The van der Waals surface area contributed by atoms with E-state index < -0.39 is 0 Å². The summed E-state index contributed by atoms with van der Waals surface area (Å²) in [5, 5.41) is 2.81. The summed E-state index contributed by atoms with van der Waals surface area (Å²) in [6.45, 7) is 1.87. The molecule has 0 aliphatic rings. The fourth-order valence-electron chi connectivity index (χ4n) is 1.62. The number of aromatic nitrogens is 1. The van der Waals surface area contributed by atoms with E-state index in [1.165, 1.54) is 0 Å². The highest BCUT2D eigenvalue weighted by Gasteiger charge is 2.14. The Morgan fingerprint density at radius 2 is 1.94 bits per heavy atom. The van der Waals surface area contributed by atoms with Gasteiger partial charge in [-0.1, -0.05) is 30.3 Å². The highest BCUT2D eigenvalue weighted by atomic mass is 16.1. The van der Waals surface area contributed by atoms with Gasteiger partial charge in [-0.3, -0.25) is 4.79 Å². The van der Waals surface area contributed by atoms with Crippen LogP contribution < -0.4 is 11.1 Å². The zero-order chi connectivity index (χ0) is 13.0. The molecule has 0 aliphatic carbocycles. The topological polar surface area (TPSA) is 68.0 Å². The molecule has 1 unspecified atom stereocenters. The lowest BCUT2D eigenvalue weighted by atomic mass is 10.0. The Bertz CT molecular complexity index is 522. The zero-order valence-corrected chi connectivity index (χ0v) is 10.1. The van der Waals surface area contributed by atoms with Crippen LogP contribution in [0.4, 0.5) is 11.5 Å². The van der Waals surface area contributed by atoms with Gasteiger partial charge < -0.3 is 11.1 Å². The van der Waals surface area contributed by atoms with Gasteiger partial charge in [0.25, 0.3) is 0 Å². The third-order valence-electron chi connectivity index (χ3n) is 2.75. The Morgan fingerprint density at radius 1 is 1.22 bits per heavy atom. The van der Waals surface area contributed by atoms with Gasteiger partial charge in [-0.15, -0.1) is 0 Å². The molecule has 1 heterocycles. The Hall–Kier alpha value is -2.36. The molecule has 1 amide bonds. The highest BCUT2D eigenvalue weighted by Crippen LogP contribution is 2.17. The standard InChI is InChI=1S/C14H15N3O/c1-10(11-5-3-2-4-6-11)14(18)17-12-7-8-13(15)16-9-12/h2-10H,1H3,(H2,15,16)(H,17,18). The molecule has 0 fully saturated rings. The molecule has 4 heteroatoms. The number of amides is 1. The first-order chi connectivity index (χ1) is 8.66. The lowest BCUT2D eigenvalue weighted by Gasteiger charge is -2.12. The van der Waals surface area contributed by atoms with Gasteiger partial charge in [-0.05, 0) is 24.6 Å². The predicted molar refractivity (Wildman–Crippen MR) is 72.1 cm³/mol. The third-order valence-corrected chi connectivity index (χ3v) is 2.75. The molecule has 2 rings (SSSR count). The fraction of sp³-hybridized carbons (Fsp3) is 0.143.